The topological polar surface area (TPSA) is 26.0 Å². The van der Waals surface area contributed by atoms with Crippen LogP contribution in [-0.2, 0) is 0 Å². The van der Waals surface area contributed by atoms with Gasteiger partial charge >= 0.3 is 0 Å². The van der Waals surface area contributed by atoms with E-state index in [1.54, 1.807) is 11.8 Å². The molecule has 1 atom stereocenters. The van der Waals surface area contributed by atoms with Gasteiger partial charge in [0.05, 0.1) is 0 Å². The van der Waals surface area contributed by atoms with Crippen molar-refractivity contribution in [2.45, 2.75) is 17.1 Å². The van der Waals surface area contributed by atoms with E-state index in [9.17, 15) is 0 Å². The SMILES string of the molecule is Cc1cccc(SC(CN)c2cccc(Cl)c2)c1. The highest BCUT2D eigenvalue weighted by Crippen LogP contribution is 2.35. The van der Waals surface area contributed by atoms with Gasteiger partial charge in [0.15, 0.2) is 0 Å². The zero-order chi connectivity index (χ0) is 13.0. The van der Waals surface area contributed by atoms with Crippen LogP contribution in [0.25, 0.3) is 0 Å². The Hall–Kier alpha value is -0.960. The Labute approximate surface area is 117 Å². The first-order chi connectivity index (χ1) is 8.69. The van der Waals surface area contributed by atoms with Gasteiger partial charge in [-0.05, 0) is 36.8 Å². The third kappa shape index (κ3) is 3.52. The molecule has 0 bridgehead atoms. The smallest absolute Gasteiger partial charge is 0.0467 e. The molecule has 0 amide bonds. The van der Waals surface area contributed by atoms with Gasteiger partial charge in [0, 0.05) is 21.7 Å². The molecule has 2 aromatic carbocycles. The number of rotatable bonds is 4. The number of thioether (sulfide) groups is 1. The van der Waals surface area contributed by atoms with Gasteiger partial charge < -0.3 is 5.73 Å². The first kappa shape index (κ1) is 13.5. The van der Waals surface area contributed by atoms with E-state index in [-0.39, 0.29) is 5.25 Å². The Morgan fingerprint density at radius 1 is 1.17 bits per heavy atom. The van der Waals surface area contributed by atoms with Crippen molar-refractivity contribution in [2.24, 2.45) is 5.73 Å². The number of halogens is 1. The van der Waals surface area contributed by atoms with Crippen molar-refractivity contribution < 1.29 is 0 Å². The molecule has 0 aliphatic carbocycles. The van der Waals surface area contributed by atoms with Crippen LogP contribution >= 0.6 is 23.4 Å². The van der Waals surface area contributed by atoms with E-state index in [2.05, 4.69) is 37.3 Å². The monoisotopic (exact) mass is 277 g/mol. The summed E-state index contributed by atoms with van der Waals surface area (Å²) in [6.45, 7) is 2.69. The lowest BCUT2D eigenvalue weighted by atomic mass is 10.1. The van der Waals surface area contributed by atoms with E-state index in [0.29, 0.717) is 6.54 Å². The van der Waals surface area contributed by atoms with Crippen molar-refractivity contribution in [3.8, 4) is 0 Å². The first-order valence-corrected chi connectivity index (χ1v) is 7.13. The summed E-state index contributed by atoms with van der Waals surface area (Å²) in [6, 6.07) is 16.4. The molecule has 0 aliphatic rings. The van der Waals surface area contributed by atoms with E-state index < -0.39 is 0 Å². The molecule has 0 aliphatic heterocycles. The summed E-state index contributed by atoms with van der Waals surface area (Å²) < 4.78 is 0. The van der Waals surface area contributed by atoms with Crippen molar-refractivity contribution >= 4 is 23.4 Å². The van der Waals surface area contributed by atoms with Crippen molar-refractivity contribution in [2.75, 3.05) is 6.54 Å². The second kappa shape index (κ2) is 6.28. The lowest BCUT2D eigenvalue weighted by molar-refractivity contribution is 0.941. The number of aryl methyl sites for hydroxylation is 1. The normalized spacial score (nSPS) is 12.4. The third-order valence-corrected chi connectivity index (χ3v) is 4.21. The molecule has 0 fully saturated rings. The Balaban J connectivity index is 2.19. The molecule has 0 heterocycles. The van der Waals surface area contributed by atoms with E-state index in [1.165, 1.54) is 16.0 Å². The van der Waals surface area contributed by atoms with Crippen molar-refractivity contribution in [3.63, 3.8) is 0 Å². The van der Waals surface area contributed by atoms with Crippen LogP contribution in [0.15, 0.2) is 53.4 Å². The molecular formula is C15H16ClNS. The fraction of sp³-hybridized carbons (Fsp3) is 0.200. The highest BCUT2D eigenvalue weighted by molar-refractivity contribution is 7.99. The molecule has 1 nitrogen and oxygen atoms in total. The van der Waals surface area contributed by atoms with Crippen LogP contribution in [0, 0.1) is 6.92 Å². The summed E-state index contributed by atoms with van der Waals surface area (Å²) in [5, 5.41) is 1.00. The summed E-state index contributed by atoms with van der Waals surface area (Å²) in [4.78, 5) is 1.24. The van der Waals surface area contributed by atoms with Gasteiger partial charge in [0.2, 0.25) is 0 Å². The van der Waals surface area contributed by atoms with Crippen LogP contribution < -0.4 is 5.73 Å². The summed E-state index contributed by atoms with van der Waals surface area (Å²) in [5.41, 5.74) is 8.32. The van der Waals surface area contributed by atoms with Gasteiger partial charge in [-0.25, -0.2) is 0 Å². The van der Waals surface area contributed by atoms with Gasteiger partial charge in [-0.1, -0.05) is 41.4 Å². The quantitative estimate of drug-likeness (QED) is 0.836. The fourth-order valence-corrected chi connectivity index (χ4v) is 3.13. The minimum atomic E-state index is 0.241. The Bertz CT molecular complexity index is 527. The molecule has 3 heteroatoms. The molecule has 2 N–H and O–H groups in total. The van der Waals surface area contributed by atoms with E-state index in [0.717, 1.165) is 5.02 Å². The van der Waals surface area contributed by atoms with Crippen LogP contribution in [0.2, 0.25) is 5.02 Å². The number of hydrogen-bond donors (Lipinski definition) is 1. The standard InChI is InChI=1S/C15H16ClNS/c1-11-4-2-7-14(8-11)18-15(10-17)12-5-3-6-13(16)9-12/h2-9,15H,10,17H2,1H3. The predicted molar refractivity (Wildman–Crippen MR) is 80.3 cm³/mol. The van der Waals surface area contributed by atoms with Crippen molar-refractivity contribution in [1.82, 2.24) is 0 Å². The lowest BCUT2D eigenvalue weighted by Gasteiger charge is -2.15. The summed E-state index contributed by atoms with van der Waals surface area (Å²) in [5.74, 6) is 0. The average molecular weight is 278 g/mol. The van der Waals surface area contributed by atoms with E-state index in [1.807, 2.05) is 18.2 Å². The van der Waals surface area contributed by atoms with Gasteiger partial charge in [-0.2, -0.15) is 0 Å². The Morgan fingerprint density at radius 2 is 1.94 bits per heavy atom. The minimum absolute atomic E-state index is 0.241. The molecule has 2 rings (SSSR count). The van der Waals surface area contributed by atoms with Gasteiger partial charge in [-0.3, -0.25) is 0 Å². The molecular weight excluding hydrogens is 262 g/mol. The maximum atomic E-state index is 6.02. The molecule has 0 aromatic heterocycles. The van der Waals surface area contributed by atoms with Crippen LogP contribution in [0.4, 0.5) is 0 Å². The summed E-state index contributed by atoms with van der Waals surface area (Å²) >= 11 is 7.81. The second-order valence-corrected chi connectivity index (χ2v) is 5.93. The molecule has 2 aromatic rings. The third-order valence-electron chi connectivity index (χ3n) is 2.70. The second-order valence-electron chi connectivity index (χ2n) is 4.21. The van der Waals surface area contributed by atoms with Gasteiger partial charge in [-0.15, -0.1) is 11.8 Å². The zero-order valence-electron chi connectivity index (χ0n) is 10.3. The Morgan fingerprint density at radius 3 is 2.61 bits per heavy atom. The molecule has 0 saturated carbocycles. The van der Waals surface area contributed by atoms with Gasteiger partial charge in [0.1, 0.15) is 0 Å². The van der Waals surface area contributed by atoms with Crippen LogP contribution in [0.5, 0.6) is 0 Å². The molecule has 0 spiro atoms. The molecule has 94 valence electrons. The van der Waals surface area contributed by atoms with Gasteiger partial charge in [0.25, 0.3) is 0 Å². The predicted octanol–water partition coefficient (Wildman–Crippen LogP) is 4.44. The highest BCUT2D eigenvalue weighted by Gasteiger charge is 2.11. The molecule has 0 radical (unpaired) electrons. The van der Waals surface area contributed by atoms with E-state index >= 15 is 0 Å². The number of hydrogen-bond acceptors (Lipinski definition) is 2. The highest BCUT2D eigenvalue weighted by atomic mass is 35.5. The summed E-state index contributed by atoms with van der Waals surface area (Å²) in [7, 11) is 0. The number of nitrogens with two attached hydrogens (primary N) is 1. The van der Waals surface area contributed by atoms with Crippen LogP contribution in [0.1, 0.15) is 16.4 Å². The molecule has 18 heavy (non-hydrogen) atoms. The summed E-state index contributed by atoms with van der Waals surface area (Å²) in [6.07, 6.45) is 0. The Kier molecular flexibility index (Phi) is 4.70. The fourth-order valence-electron chi connectivity index (χ4n) is 1.81. The average Bonchev–Trinajstić information content (AvgIpc) is 2.36. The maximum absolute atomic E-state index is 6.02. The van der Waals surface area contributed by atoms with Crippen LogP contribution in [-0.4, -0.2) is 6.54 Å². The number of benzene rings is 2. The largest absolute Gasteiger partial charge is 0.329 e. The molecule has 0 saturated heterocycles. The first-order valence-electron chi connectivity index (χ1n) is 5.88. The van der Waals surface area contributed by atoms with Crippen LogP contribution in [0.3, 0.4) is 0 Å². The maximum Gasteiger partial charge on any atom is 0.0467 e. The van der Waals surface area contributed by atoms with Crippen molar-refractivity contribution in [3.05, 3.63) is 64.7 Å². The zero-order valence-corrected chi connectivity index (χ0v) is 11.8. The van der Waals surface area contributed by atoms with Crippen molar-refractivity contribution in [1.29, 1.82) is 0 Å². The minimum Gasteiger partial charge on any atom is -0.329 e. The molecule has 1 unspecified atom stereocenters. The van der Waals surface area contributed by atoms with E-state index in [4.69, 9.17) is 17.3 Å². The lowest BCUT2D eigenvalue weighted by Crippen LogP contribution is -2.09.